The minimum atomic E-state index is -0.600. The summed E-state index contributed by atoms with van der Waals surface area (Å²) in [6.07, 6.45) is 0. The molecule has 0 saturated carbocycles. The van der Waals surface area contributed by atoms with Gasteiger partial charge in [0.15, 0.2) is 0 Å². The van der Waals surface area contributed by atoms with Crippen LogP contribution in [0.25, 0.3) is 10.4 Å². The number of rotatable bonds is 4. The van der Waals surface area contributed by atoms with Crippen LogP contribution in [0.5, 0.6) is 0 Å². The van der Waals surface area contributed by atoms with Crippen LogP contribution < -0.4 is 16.2 Å². The van der Waals surface area contributed by atoms with Gasteiger partial charge in [-0.1, -0.05) is 32.9 Å². The topological polar surface area (TPSA) is 87.3 Å². The van der Waals surface area contributed by atoms with E-state index in [4.69, 9.17) is 0 Å². The Labute approximate surface area is 154 Å². The number of hydrogen-bond donors (Lipinski definition) is 3. The summed E-state index contributed by atoms with van der Waals surface area (Å²) in [7, 11) is 0. The molecule has 0 saturated heterocycles. The average molecular weight is 377 g/mol. The van der Waals surface area contributed by atoms with Crippen LogP contribution in [0.15, 0.2) is 36.4 Å². The maximum Gasteiger partial charge on any atom is 0.279 e. The lowest BCUT2D eigenvalue weighted by Crippen LogP contribution is -2.47. The second-order valence-corrected chi connectivity index (χ2v) is 7.69. The standard InChI is InChI=1S/C18H20FN3O3S/c1-18(2,3)17(25)20-10-15(23)21-22-16(24)14-9-8-13(26-14)11-4-6-12(19)7-5-11/h4-9H,10H2,1-3H3,(H,20,25)(H,21,23)(H,22,24). The van der Waals surface area contributed by atoms with Crippen molar-refractivity contribution in [2.75, 3.05) is 6.54 Å². The van der Waals surface area contributed by atoms with E-state index in [0.29, 0.717) is 4.88 Å². The molecule has 0 aliphatic rings. The zero-order chi connectivity index (χ0) is 19.3. The van der Waals surface area contributed by atoms with Gasteiger partial charge in [0.2, 0.25) is 5.91 Å². The summed E-state index contributed by atoms with van der Waals surface area (Å²) < 4.78 is 13.0. The van der Waals surface area contributed by atoms with Gasteiger partial charge in [-0.2, -0.15) is 0 Å². The predicted molar refractivity (Wildman–Crippen MR) is 97.8 cm³/mol. The molecule has 1 heterocycles. The van der Waals surface area contributed by atoms with Gasteiger partial charge in [0.05, 0.1) is 11.4 Å². The molecule has 138 valence electrons. The van der Waals surface area contributed by atoms with Crippen LogP contribution in [-0.2, 0) is 9.59 Å². The van der Waals surface area contributed by atoms with Crippen molar-refractivity contribution in [1.29, 1.82) is 0 Å². The second kappa shape index (κ2) is 8.09. The Morgan fingerprint density at radius 3 is 2.27 bits per heavy atom. The van der Waals surface area contributed by atoms with E-state index in [9.17, 15) is 18.8 Å². The fourth-order valence-corrected chi connectivity index (χ4v) is 2.79. The normalized spacial score (nSPS) is 10.9. The third kappa shape index (κ3) is 5.38. The predicted octanol–water partition coefficient (Wildman–Crippen LogP) is 2.48. The number of halogens is 1. The third-order valence-corrected chi connectivity index (χ3v) is 4.50. The van der Waals surface area contributed by atoms with Gasteiger partial charge in [-0.15, -0.1) is 11.3 Å². The Morgan fingerprint density at radius 1 is 1.00 bits per heavy atom. The number of hydrazine groups is 1. The SMILES string of the molecule is CC(C)(C)C(=O)NCC(=O)NNC(=O)c1ccc(-c2ccc(F)cc2)s1. The van der Waals surface area contributed by atoms with Gasteiger partial charge in [0, 0.05) is 10.3 Å². The highest BCUT2D eigenvalue weighted by Crippen LogP contribution is 2.28. The van der Waals surface area contributed by atoms with Gasteiger partial charge in [-0.05, 0) is 29.8 Å². The van der Waals surface area contributed by atoms with Crippen LogP contribution >= 0.6 is 11.3 Å². The first-order chi connectivity index (χ1) is 12.2. The van der Waals surface area contributed by atoms with Gasteiger partial charge in [-0.25, -0.2) is 4.39 Å². The van der Waals surface area contributed by atoms with Crippen LogP contribution in [0.1, 0.15) is 30.4 Å². The van der Waals surface area contributed by atoms with Crippen LogP contribution in [-0.4, -0.2) is 24.3 Å². The summed E-state index contributed by atoms with van der Waals surface area (Å²) in [5, 5.41) is 2.49. The molecule has 0 atom stereocenters. The zero-order valence-corrected chi connectivity index (χ0v) is 15.5. The maximum absolute atomic E-state index is 13.0. The van der Waals surface area contributed by atoms with Crippen molar-refractivity contribution in [3.05, 3.63) is 47.1 Å². The summed E-state index contributed by atoms with van der Waals surface area (Å²) in [5.74, 6) is -1.60. The minimum Gasteiger partial charge on any atom is -0.347 e. The first kappa shape index (κ1) is 19.6. The summed E-state index contributed by atoms with van der Waals surface area (Å²) in [5.41, 5.74) is 4.74. The van der Waals surface area contributed by atoms with E-state index in [2.05, 4.69) is 16.2 Å². The van der Waals surface area contributed by atoms with Crippen molar-refractivity contribution in [1.82, 2.24) is 16.2 Å². The molecular formula is C18H20FN3O3S. The number of benzene rings is 1. The Morgan fingerprint density at radius 2 is 1.65 bits per heavy atom. The monoisotopic (exact) mass is 377 g/mol. The molecular weight excluding hydrogens is 357 g/mol. The fourth-order valence-electron chi connectivity index (χ4n) is 1.89. The van der Waals surface area contributed by atoms with Crippen molar-refractivity contribution < 1.29 is 18.8 Å². The number of amides is 3. The van der Waals surface area contributed by atoms with Gasteiger partial charge in [0.1, 0.15) is 5.82 Å². The van der Waals surface area contributed by atoms with Crippen LogP contribution in [0, 0.1) is 11.2 Å². The second-order valence-electron chi connectivity index (χ2n) is 6.61. The van der Waals surface area contributed by atoms with Crippen molar-refractivity contribution in [3.8, 4) is 10.4 Å². The first-order valence-corrected chi connectivity index (χ1v) is 8.72. The molecule has 8 heteroatoms. The molecule has 26 heavy (non-hydrogen) atoms. The number of thiophene rings is 1. The smallest absolute Gasteiger partial charge is 0.279 e. The van der Waals surface area contributed by atoms with Crippen molar-refractivity contribution >= 4 is 29.1 Å². The van der Waals surface area contributed by atoms with E-state index in [1.807, 2.05) is 0 Å². The number of carbonyl (C=O) groups is 3. The third-order valence-electron chi connectivity index (χ3n) is 3.36. The molecule has 3 amide bonds. The highest BCUT2D eigenvalue weighted by molar-refractivity contribution is 7.17. The van der Waals surface area contributed by atoms with Gasteiger partial charge in [0.25, 0.3) is 11.8 Å². The quantitative estimate of drug-likeness (QED) is 0.716. The molecule has 2 rings (SSSR count). The molecule has 0 fully saturated rings. The molecule has 0 radical (unpaired) electrons. The molecule has 0 aliphatic carbocycles. The van der Waals surface area contributed by atoms with Crippen LogP contribution in [0.4, 0.5) is 4.39 Å². The van der Waals surface area contributed by atoms with Crippen molar-refractivity contribution in [3.63, 3.8) is 0 Å². The molecule has 0 bridgehead atoms. The lowest BCUT2D eigenvalue weighted by atomic mass is 9.96. The van der Waals surface area contributed by atoms with E-state index in [-0.39, 0.29) is 18.3 Å². The minimum absolute atomic E-state index is 0.234. The van der Waals surface area contributed by atoms with E-state index < -0.39 is 17.2 Å². The van der Waals surface area contributed by atoms with Crippen molar-refractivity contribution in [2.24, 2.45) is 5.41 Å². The Hall–Kier alpha value is -2.74. The van der Waals surface area contributed by atoms with Gasteiger partial charge < -0.3 is 5.32 Å². The van der Waals surface area contributed by atoms with Crippen LogP contribution in [0.3, 0.4) is 0 Å². The van der Waals surface area contributed by atoms with E-state index in [0.717, 1.165) is 10.4 Å². The molecule has 0 aliphatic heterocycles. The number of carbonyl (C=O) groups excluding carboxylic acids is 3. The fraction of sp³-hybridized carbons (Fsp3) is 0.278. The average Bonchev–Trinajstić information content (AvgIpc) is 3.07. The van der Waals surface area contributed by atoms with Crippen molar-refractivity contribution in [2.45, 2.75) is 20.8 Å². The Kier molecular flexibility index (Phi) is 6.10. The highest BCUT2D eigenvalue weighted by atomic mass is 32.1. The van der Waals surface area contributed by atoms with Crippen LogP contribution in [0.2, 0.25) is 0 Å². The summed E-state index contributed by atoms with van der Waals surface area (Å²) in [6.45, 7) is 4.97. The summed E-state index contributed by atoms with van der Waals surface area (Å²) >= 11 is 1.22. The molecule has 0 unspecified atom stereocenters. The molecule has 1 aromatic carbocycles. The van der Waals surface area contributed by atoms with E-state index in [1.165, 1.54) is 23.5 Å². The lowest BCUT2D eigenvalue weighted by molar-refractivity contribution is -0.131. The van der Waals surface area contributed by atoms with E-state index in [1.54, 1.807) is 45.0 Å². The lowest BCUT2D eigenvalue weighted by Gasteiger charge is -2.17. The Bertz CT molecular complexity index is 810. The number of nitrogens with one attached hydrogen (secondary N) is 3. The maximum atomic E-state index is 13.0. The summed E-state index contributed by atoms with van der Waals surface area (Å²) in [4.78, 5) is 36.7. The molecule has 2 aromatic rings. The molecule has 1 aromatic heterocycles. The molecule has 0 spiro atoms. The zero-order valence-electron chi connectivity index (χ0n) is 14.7. The summed E-state index contributed by atoms with van der Waals surface area (Å²) in [6, 6.07) is 9.32. The molecule has 3 N–H and O–H groups in total. The molecule has 6 nitrogen and oxygen atoms in total. The number of hydrogen-bond acceptors (Lipinski definition) is 4. The van der Waals surface area contributed by atoms with Gasteiger partial charge >= 0.3 is 0 Å². The van der Waals surface area contributed by atoms with Gasteiger partial charge in [-0.3, -0.25) is 25.2 Å². The first-order valence-electron chi connectivity index (χ1n) is 7.90. The van der Waals surface area contributed by atoms with E-state index >= 15 is 0 Å². The largest absolute Gasteiger partial charge is 0.347 e. The highest BCUT2D eigenvalue weighted by Gasteiger charge is 2.21. The Balaban J connectivity index is 1.86.